The summed E-state index contributed by atoms with van der Waals surface area (Å²) in [5, 5.41) is 0. The van der Waals surface area contributed by atoms with Gasteiger partial charge in [0.25, 0.3) is 0 Å². The fourth-order valence-corrected chi connectivity index (χ4v) is 1.95. The number of hydrogen-bond acceptors (Lipinski definition) is 3. The van der Waals surface area contributed by atoms with Crippen LogP contribution in [-0.4, -0.2) is 18.4 Å². The minimum Gasteiger partial charge on any atom is -0.462 e. The number of benzene rings is 1. The van der Waals surface area contributed by atoms with Gasteiger partial charge in [-0.15, -0.1) is 0 Å². The van der Waals surface area contributed by atoms with Crippen LogP contribution in [0.4, 0.5) is 0 Å². The molecule has 1 rings (SSSR count). The quantitative estimate of drug-likeness (QED) is 0.630. The molecule has 0 aliphatic heterocycles. The maximum atomic E-state index is 11.6. The Morgan fingerprint density at radius 3 is 2.44 bits per heavy atom. The molecular weight excluding hydrogens is 272 g/mol. The maximum Gasteiger partial charge on any atom is 0.339 e. The molecule has 0 heterocycles. The molecule has 0 bridgehead atoms. The molecular formula is C12H13BrO3. The Morgan fingerprint density at radius 1 is 1.25 bits per heavy atom. The van der Waals surface area contributed by atoms with Crippen molar-refractivity contribution in [2.45, 2.75) is 20.3 Å². The maximum absolute atomic E-state index is 11.6. The molecule has 0 saturated heterocycles. The molecule has 0 amide bonds. The van der Waals surface area contributed by atoms with Crippen molar-refractivity contribution < 1.29 is 14.3 Å². The number of rotatable bonds is 4. The highest BCUT2D eigenvalue weighted by atomic mass is 79.9. The molecule has 0 N–H and O–H groups in total. The summed E-state index contributed by atoms with van der Waals surface area (Å²) in [5.74, 6) is -0.418. The third kappa shape index (κ3) is 2.70. The van der Waals surface area contributed by atoms with Gasteiger partial charge in [-0.2, -0.15) is 0 Å². The van der Waals surface area contributed by atoms with E-state index in [9.17, 15) is 9.59 Å². The normalized spacial score (nSPS) is 9.94. The molecule has 0 aliphatic carbocycles. The van der Waals surface area contributed by atoms with Gasteiger partial charge in [-0.05, 0) is 28.9 Å². The van der Waals surface area contributed by atoms with Crippen molar-refractivity contribution >= 4 is 27.7 Å². The van der Waals surface area contributed by atoms with Crippen LogP contribution in [0.5, 0.6) is 0 Å². The zero-order valence-electron chi connectivity index (χ0n) is 9.25. The summed E-state index contributed by atoms with van der Waals surface area (Å²) in [6.07, 6.45) is 0.408. The van der Waals surface area contributed by atoms with Crippen LogP contribution in [-0.2, 0) is 4.74 Å². The minimum atomic E-state index is -0.417. The molecule has 3 nitrogen and oxygen atoms in total. The monoisotopic (exact) mass is 284 g/mol. The zero-order valence-corrected chi connectivity index (χ0v) is 10.8. The van der Waals surface area contributed by atoms with Crippen molar-refractivity contribution in [2.24, 2.45) is 0 Å². The lowest BCUT2D eigenvalue weighted by molar-refractivity contribution is 0.0525. The van der Waals surface area contributed by atoms with E-state index < -0.39 is 5.97 Å². The number of ether oxygens (including phenoxy) is 1. The first-order chi connectivity index (χ1) is 7.61. The average Bonchev–Trinajstić information content (AvgIpc) is 2.28. The number of carbonyl (C=O) groups excluding carboxylic acids is 2. The Kier molecular flexibility index (Phi) is 4.68. The molecule has 0 aromatic heterocycles. The molecule has 4 heteroatoms. The van der Waals surface area contributed by atoms with Gasteiger partial charge in [-0.25, -0.2) is 4.79 Å². The summed E-state index contributed by atoms with van der Waals surface area (Å²) < 4.78 is 5.41. The number of halogens is 1. The summed E-state index contributed by atoms with van der Waals surface area (Å²) >= 11 is 3.27. The number of Topliss-reactive ketones (excluding diaryl/α,β-unsaturated/α-hetero) is 1. The van der Waals surface area contributed by atoms with Crippen LogP contribution >= 0.6 is 15.9 Å². The van der Waals surface area contributed by atoms with Crippen molar-refractivity contribution in [2.75, 3.05) is 6.61 Å². The van der Waals surface area contributed by atoms with Gasteiger partial charge in [-0.3, -0.25) is 4.79 Å². The molecule has 16 heavy (non-hydrogen) atoms. The van der Waals surface area contributed by atoms with Crippen molar-refractivity contribution in [3.05, 3.63) is 33.8 Å². The summed E-state index contributed by atoms with van der Waals surface area (Å²) in [5.41, 5.74) is 0.911. The van der Waals surface area contributed by atoms with Crippen molar-refractivity contribution in [3.63, 3.8) is 0 Å². The molecule has 0 fully saturated rings. The van der Waals surface area contributed by atoms with Crippen LogP contribution in [0.2, 0.25) is 0 Å². The van der Waals surface area contributed by atoms with E-state index in [2.05, 4.69) is 15.9 Å². The van der Waals surface area contributed by atoms with Gasteiger partial charge < -0.3 is 4.74 Å². The highest BCUT2D eigenvalue weighted by Crippen LogP contribution is 2.23. The molecule has 86 valence electrons. The first-order valence-electron chi connectivity index (χ1n) is 5.10. The van der Waals surface area contributed by atoms with Crippen LogP contribution in [0, 0.1) is 0 Å². The third-order valence-electron chi connectivity index (χ3n) is 2.12. The first-order valence-corrected chi connectivity index (χ1v) is 5.89. The number of carbonyl (C=O) groups is 2. The average molecular weight is 285 g/mol. The van der Waals surface area contributed by atoms with Gasteiger partial charge in [0.05, 0.1) is 12.2 Å². The second-order valence-electron chi connectivity index (χ2n) is 3.16. The Labute approximate surface area is 103 Å². The third-order valence-corrected chi connectivity index (χ3v) is 2.97. The van der Waals surface area contributed by atoms with Gasteiger partial charge in [0.1, 0.15) is 0 Å². The molecule has 0 atom stereocenters. The smallest absolute Gasteiger partial charge is 0.339 e. The largest absolute Gasteiger partial charge is 0.462 e. The van der Waals surface area contributed by atoms with Gasteiger partial charge in [0, 0.05) is 16.5 Å². The van der Waals surface area contributed by atoms with E-state index in [0.717, 1.165) is 0 Å². The fraction of sp³-hybridized carbons (Fsp3) is 0.333. The predicted molar refractivity (Wildman–Crippen MR) is 64.7 cm³/mol. The summed E-state index contributed by atoms with van der Waals surface area (Å²) in [6, 6.07) is 5.01. The highest BCUT2D eigenvalue weighted by molar-refractivity contribution is 9.10. The highest BCUT2D eigenvalue weighted by Gasteiger charge is 2.16. The Bertz CT molecular complexity index is 413. The Balaban J connectivity index is 3.13. The number of hydrogen-bond donors (Lipinski definition) is 0. The SMILES string of the molecule is CCOC(=O)c1cccc(C(=O)CC)c1Br. The number of esters is 1. The van der Waals surface area contributed by atoms with Crippen LogP contribution in [0.15, 0.2) is 22.7 Å². The van der Waals surface area contributed by atoms with Crippen LogP contribution in [0.1, 0.15) is 41.0 Å². The van der Waals surface area contributed by atoms with Crippen molar-refractivity contribution in [1.82, 2.24) is 0 Å². The van der Waals surface area contributed by atoms with E-state index in [4.69, 9.17) is 4.74 Å². The fourth-order valence-electron chi connectivity index (χ4n) is 1.30. The van der Waals surface area contributed by atoms with Crippen molar-refractivity contribution in [3.8, 4) is 0 Å². The predicted octanol–water partition coefficient (Wildman–Crippen LogP) is 3.22. The van der Waals surface area contributed by atoms with E-state index in [1.165, 1.54) is 0 Å². The standard InChI is InChI=1S/C12H13BrO3/c1-3-10(14)8-6-5-7-9(11(8)13)12(15)16-4-2/h5-7H,3-4H2,1-2H3. The second-order valence-corrected chi connectivity index (χ2v) is 3.96. The first kappa shape index (κ1) is 12.9. The van der Waals surface area contributed by atoms with Crippen LogP contribution in [0.25, 0.3) is 0 Å². The molecule has 0 spiro atoms. The molecule has 0 aliphatic rings. The van der Waals surface area contributed by atoms with Gasteiger partial charge in [0.2, 0.25) is 0 Å². The van der Waals surface area contributed by atoms with E-state index >= 15 is 0 Å². The molecule has 1 aromatic carbocycles. The van der Waals surface area contributed by atoms with Gasteiger partial charge in [0.15, 0.2) is 5.78 Å². The van der Waals surface area contributed by atoms with E-state index in [-0.39, 0.29) is 5.78 Å². The second kappa shape index (κ2) is 5.80. The lowest BCUT2D eigenvalue weighted by Crippen LogP contribution is -2.08. The Morgan fingerprint density at radius 2 is 1.88 bits per heavy atom. The molecule has 0 saturated carbocycles. The lowest BCUT2D eigenvalue weighted by atomic mass is 10.1. The summed E-state index contributed by atoms with van der Waals surface area (Å²) in [6.45, 7) is 3.84. The van der Waals surface area contributed by atoms with Crippen molar-refractivity contribution in [1.29, 1.82) is 0 Å². The van der Waals surface area contributed by atoms with Crippen LogP contribution < -0.4 is 0 Å². The van der Waals surface area contributed by atoms with Crippen LogP contribution in [0.3, 0.4) is 0 Å². The van der Waals surface area contributed by atoms with Gasteiger partial charge >= 0.3 is 5.97 Å². The van der Waals surface area contributed by atoms with E-state index in [1.807, 2.05) is 0 Å². The molecule has 0 radical (unpaired) electrons. The number of ketones is 1. The summed E-state index contributed by atoms with van der Waals surface area (Å²) in [4.78, 5) is 23.1. The van der Waals surface area contributed by atoms with E-state index in [0.29, 0.717) is 28.6 Å². The topological polar surface area (TPSA) is 43.4 Å². The summed E-state index contributed by atoms with van der Waals surface area (Å²) in [7, 11) is 0. The van der Waals surface area contributed by atoms with Gasteiger partial charge in [-0.1, -0.05) is 19.1 Å². The lowest BCUT2D eigenvalue weighted by Gasteiger charge is -2.07. The zero-order chi connectivity index (χ0) is 12.1. The molecule has 1 aromatic rings. The Hall–Kier alpha value is -1.16. The molecule has 0 unspecified atom stereocenters. The minimum absolute atomic E-state index is 0.00183. The van der Waals surface area contributed by atoms with E-state index in [1.54, 1.807) is 32.0 Å².